The molecule has 1 aromatic rings. The first kappa shape index (κ1) is 12.5. The van der Waals surface area contributed by atoms with Gasteiger partial charge in [0.2, 0.25) is 0 Å². The summed E-state index contributed by atoms with van der Waals surface area (Å²) in [5.41, 5.74) is 1.25. The van der Waals surface area contributed by atoms with E-state index in [9.17, 15) is 8.78 Å². The fourth-order valence-electron chi connectivity index (χ4n) is 2.29. The largest absolute Gasteiger partial charge is 0.316 e. The Morgan fingerprint density at radius 3 is 2.35 bits per heavy atom. The molecule has 0 amide bonds. The van der Waals surface area contributed by atoms with Gasteiger partial charge in [-0.1, -0.05) is 38.1 Å². The van der Waals surface area contributed by atoms with Crippen molar-refractivity contribution in [1.29, 1.82) is 0 Å². The number of alkyl halides is 2. The minimum atomic E-state index is -2.71. The van der Waals surface area contributed by atoms with Crippen LogP contribution in [0.2, 0.25) is 0 Å². The normalized spacial score (nSPS) is 21.1. The maximum Gasteiger partial charge on any atom is 0.277 e. The van der Waals surface area contributed by atoms with Crippen LogP contribution < -0.4 is 5.32 Å². The number of benzene rings is 1. The van der Waals surface area contributed by atoms with Crippen molar-refractivity contribution >= 4 is 0 Å². The summed E-state index contributed by atoms with van der Waals surface area (Å²) in [5, 5.41) is 3.00. The van der Waals surface area contributed by atoms with Crippen LogP contribution >= 0.6 is 0 Å². The van der Waals surface area contributed by atoms with E-state index in [0.29, 0.717) is 25.4 Å². The van der Waals surface area contributed by atoms with Gasteiger partial charge >= 0.3 is 0 Å². The van der Waals surface area contributed by atoms with E-state index < -0.39 is 11.8 Å². The first-order valence-electron chi connectivity index (χ1n) is 6.20. The Morgan fingerprint density at radius 2 is 1.88 bits per heavy atom. The summed E-state index contributed by atoms with van der Waals surface area (Å²) in [6.45, 7) is 5.24. The molecular weight excluding hydrogens is 220 g/mol. The lowest BCUT2D eigenvalue weighted by Gasteiger charge is -2.23. The average molecular weight is 239 g/mol. The Kier molecular flexibility index (Phi) is 3.48. The van der Waals surface area contributed by atoms with Crippen LogP contribution in [0.1, 0.15) is 37.3 Å². The van der Waals surface area contributed by atoms with Gasteiger partial charge in [0.25, 0.3) is 5.92 Å². The standard InChI is InChI=1S/C14H19F2N/c1-10(2)11-3-5-12(6-4-11)14(15,16)13-7-8-17-9-13/h3-6,10,13,17H,7-9H2,1-2H3. The molecule has 1 fully saturated rings. The van der Waals surface area contributed by atoms with Gasteiger partial charge in [-0.3, -0.25) is 0 Å². The third kappa shape index (κ3) is 2.49. The average Bonchev–Trinajstić information content (AvgIpc) is 2.83. The Bertz CT molecular complexity index is 364. The smallest absolute Gasteiger partial charge is 0.277 e. The van der Waals surface area contributed by atoms with Crippen molar-refractivity contribution in [2.75, 3.05) is 13.1 Å². The first-order valence-corrected chi connectivity index (χ1v) is 6.20. The molecule has 1 N–H and O–H groups in total. The molecule has 1 unspecified atom stereocenters. The van der Waals surface area contributed by atoms with E-state index in [1.165, 1.54) is 0 Å². The van der Waals surface area contributed by atoms with Crippen molar-refractivity contribution in [3.63, 3.8) is 0 Å². The number of nitrogens with one attached hydrogen (secondary N) is 1. The molecule has 1 heterocycles. The molecule has 1 nitrogen and oxygen atoms in total. The quantitative estimate of drug-likeness (QED) is 0.851. The van der Waals surface area contributed by atoms with Crippen LogP contribution in [-0.2, 0) is 5.92 Å². The molecule has 1 atom stereocenters. The lowest BCUT2D eigenvalue weighted by molar-refractivity contribution is -0.0575. The summed E-state index contributed by atoms with van der Waals surface area (Å²) in [6.07, 6.45) is 0.554. The van der Waals surface area contributed by atoms with Gasteiger partial charge in [0, 0.05) is 18.0 Å². The minimum Gasteiger partial charge on any atom is -0.316 e. The second-order valence-electron chi connectivity index (χ2n) is 5.09. The van der Waals surface area contributed by atoms with Crippen LogP contribution in [0.15, 0.2) is 24.3 Å². The zero-order valence-electron chi connectivity index (χ0n) is 10.3. The van der Waals surface area contributed by atoms with Crippen LogP contribution in [0.5, 0.6) is 0 Å². The van der Waals surface area contributed by atoms with Crippen molar-refractivity contribution in [3.05, 3.63) is 35.4 Å². The Balaban J connectivity index is 2.20. The SMILES string of the molecule is CC(C)c1ccc(C(F)(F)C2CCNC2)cc1. The summed E-state index contributed by atoms with van der Waals surface area (Å²) >= 11 is 0. The van der Waals surface area contributed by atoms with Gasteiger partial charge in [0.1, 0.15) is 0 Å². The zero-order valence-corrected chi connectivity index (χ0v) is 10.3. The van der Waals surface area contributed by atoms with Crippen molar-refractivity contribution in [2.45, 2.75) is 32.1 Å². The van der Waals surface area contributed by atoms with Crippen LogP contribution in [0.4, 0.5) is 8.78 Å². The number of hydrogen-bond acceptors (Lipinski definition) is 1. The molecular formula is C14H19F2N. The minimum absolute atomic E-state index is 0.149. The zero-order chi connectivity index (χ0) is 12.5. The Hall–Kier alpha value is -0.960. The van der Waals surface area contributed by atoms with Gasteiger partial charge in [-0.15, -0.1) is 0 Å². The maximum atomic E-state index is 14.2. The lowest BCUT2D eigenvalue weighted by atomic mass is 9.92. The fraction of sp³-hybridized carbons (Fsp3) is 0.571. The highest BCUT2D eigenvalue weighted by atomic mass is 19.3. The number of hydrogen-bond donors (Lipinski definition) is 1. The van der Waals surface area contributed by atoms with Gasteiger partial charge < -0.3 is 5.32 Å². The molecule has 2 rings (SSSR count). The topological polar surface area (TPSA) is 12.0 Å². The Morgan fingerprint density at radius 1 is 1.24 bits per heavy atom. The van der Waals surface area contributed by atoms with E-state index in [-0.39, 0.29) is 5.56 Å². The first-order chi connectivity index (χ1) is 8.01. The van der Waals surface area contributed by atoms with E-state index in [4.69, 9.17) is 0 Å². The van der Waals surface area contributed by atoms with Crippen molar-refractivity contribution in [1.82, 2.24) is 5.32 Å². The molecule has 1 aromatic carbocycles. The third-order valence-electron chi connectivity index (χ3n) is 3.54. The molecule has 1 saturated heterocycles. The van der Waals surface area contributed by atoms with Crippen LogP contribution in [-0.4, -0.2) is 13.1 Å². The van der Waals surface area contributed by atoms with E-state index in [2.05, 4.69) is 19.2 Å². The highest BCUT2D eigenvalue weighted by Crippen LogP contribution is 2.39. The van der Waals surface area contributed by atoms with Crippen LogP contribution in [0, 0.1) is 5.92 Å². The van der Waals surface area contributed by atoms with E-state index in [1.807, 2.05) is 12.1 Å². The van der Waals surface area contributed by atoms with Crippen molar-refractivity contribution in [2.24, 2.45) is 5.92 Å². The predicted molar refractivity (Wildman–Crippen MR) is 65.4 cm³/mol. The molecule has 17 heavy (non-hydrogen) atoms. The lowest BCUT2D eigenvalue weighted by Crippen LogP contribution is -2.27. The van der Waals surface area contributed by atoms with Crippen molar-refractivity contribution < 1.29 is 8.78 Å². The molecule has 1 aliphatic heterocycles. The van der Waals surface area contributed by atoms with E-state index in [1.54, 1.807) is 12.1 Å². The molecule has 0 saturated carbocycles. The number of halogens is 2. The number of rotatable bonds is 3. The molecule has 94 valence electrons. The van der Waals surface area contributed by atoms with Gasteiger partial charge in [-0.25, -0.2) is 8.78 Å². The van der Waals surface area contributed by atoms with Crippen LogP contribution in [0.25, 0.3) is 0 Å². The summed E-state index contributed by atoms with van der Waals surface area (Å²) in [7, 11) is 0. The molecule has 0 bridgehead atoms. The van der Waals surface area contributed by atoms with Crippen LogP contribution in [0.3, 0.4) is 0 Å². The summed E-state index contributed by atoms with van der Waals surface area (Å²) in [5.74, 6) is -2.89. The highest BCUT2D eigenvalue weighted by Gasteiger charge is 2.42. The molecule has 0 aliphatic carbocycles. The fourth-order valence-corrected chi connectivity index (χ4v) is 2.29. The van der Waals surface area contributed by atoms with Gasteiger partial charge in [-0.2, -0.15) is 0 Å². The molecule has 0 spiro atoms. The third-order valence-corrected chi connectivity index (χ3v) is 3.54. The summed E-state index contributed by atoms with van der Waals surface area (Å²) in [6, 6.07) is 6.79. The monoisotopic (exact) mass is 239 g/mol. The maximum absolute atomic E-state index is 14.2. The Labute approximate surface area is 101 Å². The summed E-state index contributed by atoms with van der Waals surface area (Å²) in [4.78, 5) is 0. The van der Waals surface area contributed by atoms with Gasteiger partial charge in [-0.05, 0) is 24.4 Å². The summed E-state index contributed by atoms with van der Waals surface area (Å²) < 4.78 is 28.3. The predicted octanol–water partition coefficient (Wildman–Crippen LogP) is 3.51. The van der Waals surface area contributed by atoms with Gasteiger partial charge in [0.05, 0.1) is 0 Å². The second kappa shape index (κ2) is 4.73. The molecule has 1 aliphatic rings. The highest BCUT2D eigenvalue weighted by molar-refractivity contribution is 5.28. The second-order valence-corrected chi connectivity index (χ2v) is 5.09. The molecule has 0 aromatic heterocycles. The van der Waals surface area contributed by atoms with Gasteiger partial charge in [0.15, 0.2) is 0 Å². The van der Waals surface area contributed by atoms with E-state index >= 15 is 0 Å². The van der Waals surface area contributed by atoms with Crippen molar-refractivity contribution in [3.8, 4) is 0 Å². The molecule has 0 radical (unpaired) electrons. The molecule has 3 heteroatoms. The van der Waals surface area contributed by atoms with E-state index in [0.717, 1.165) is 5.56 Å².